The van der Waals surface area contributed by atoms with Crippen LogP contribution in [-0.2, 0) is 9.59 Å². The van der Waals surface area contributed by atoms with Crippen LogP contribution >= 0.6 is 0 Å². The van der Waals surface area contributed by atoms with Crippen molar-refractivity contribution in [2.45, 2.75) is 56.5 Å². The van der Waals surface area contributed by atoms with E-state index in [1.54, 1.807) is 0 Å². The van der Waals surface area contributed by atoms with Crippen molar-refractivity contribution in [3.63, 3.8) is 0 Å². The lowest BCUT2D eigenvalue weighted by atomic mass is 9.82. The van der Waals surface area contributed by atoms with Gasteiger partial charge in [-0.15, -0.1) is 0 Å². The van der Waals surface area contributed by atoms with Crippen LogP contribution in [0.5, 0.6) is 0 Å². The second kappa shape index (κ2) is 5.87. The molecule has 4 amide bonds. The molecule has 1 saturated heterocycles. The first kappa shape index (κ1) is 15.3. The minimum absolute atomic E-state index is 0.0308. The van der Waals surface area contributed by atoms with E-state index in [4.69, 9.17) is 5.73 Å². The third-order valence-electron chi connectivity index (χ3n) is 5.02. The van der Waals surface area contributed by atoms with Gasteiger partial charge in [-0.3, -0.25) is 14.5 Å². The van der Waals surface area contributed by atoms with Crippen LogP contribution in [0.25, 0.3) is 0 Å². The first-order valence-corrected chi connectivity index (χ1v) is 8.18. The van der Waals surface area contributed by atoms with Crippen molar-refractivity contribution in [3.8, 4) is 0 Å². The number of nitrogens with one attached hydrogen (secondary N) is 2. The Labute approximate surface area is 130 Å². The monoisotopic (exact) mass is 308 g/mol. The zero-order chi connectivity index (χ0) is 15.7. The third-order valence-corrected chi connectivity index (χ3v) is 5.02. The lowest BCUT2D eigenvalue weighted by molar-refractivity contribution is -0.135. The smallest absolute Gasteiger partial charge is 0.325 e. The van der Waals surface area contributed by atoms with Crippen LogP contribution in [0.4, 0.5) is 4.79 Å². The molecule has 0 aromatic heterocycles. The van der Waals surface area contributed by atoms with Gasteiger partial charge in [-0.25, -0.2) is 4.79 Å². The van der Waals surface area contributed by atoms with Crippen molar-refractivity contribution in [3.05, 3.63) is 0 Å². The van der Waals surface area contributed by atoms with Crippen LogP contribution < -0.4 is 16.4 Å². The van der Waals surface area contributed by atoms with Gasteiger partial charge in [0.05, 0.1) is 0 Å². The Morgan fingerprint density at radius 1 is 1.32 bits per heavy atom. The first-order chi connectivity index (χ1) is 10.5. The summed E-state index contributed by atoms with van der Waals surface area (Å²) in [5.74, 6) is -0.0752. The molecule has 3 fully saturated rings. The molecule has 0 radical (unpaired) electrons. The van der Waals surface area contributed by atoms with Crippen molar-refractivity contribution >= 4 is 17.8 Å². The molecule has 3 aliphatic rings. The number of urea groups is 1. The summed E-state index contributed by atoms with van der Waals surface area (Å²) in [5.41, 5.74) is 5.16. The molecular weight excluding hydrogens is 284 g/mol. The maximum Gasteiger partial charge on any atom is 0.325 e. The Morgan fingerprint density at radius 3 is 2.64 bits per heavy atom. The highest BCUT2D eigenvalue weighted by Crippen LogP contribution is 2.33. The number of hydrogen-bond acceptors (Lipinski definition) is 4. The number of hydrogen-bond donors (Lipinski definition) is 3. The van der Waals surface area contributed by atoms with Gasteiger partial charge in [-0.05, 0) is 31.6 Å². The van der Waals surface area contributed by atoms with E-state index in [2.05, 4.69) is 10.6 Å². The summed E-state index contributed by atoms with van der Waals surface area (Å²) in [7, 11) is 0. The van der Waals surface area contributed by atoms with E-state index in [9.17, 15) is 14.4 Å². The van der Waals surface area contributed by atoms with E-state index in [1.165, 1.54) is 0 Å². The fourth-order valence-corrected chi connectivity index (χ4v) is 3.44. The zero-order valence-corrected chi connectivity index (χ0v) is 12.8. The number of carbonyl (C=O) groups is 3. The molecule has 122 valence electrons. The Hall–Kier alpha value is -1.63. The van der Waals surface area contributed by atoms with E-state index in [-0.39, 0.29) is 24.4 Å². The molecule has 7 heteroatoms. The summed E-state index contributed by atoms with van der Waals surface area (Å²) in [6.45, 7) is 0.183. The van der Waals surface area contributed by atoms with Gasteiger partial charge in [-0.1, -0.05) is 19.3 Å². The fraction of sp³-hybridized carbons (Fsp3) is 0.800. The van der Waals surface area contributed by atoms with Crippen LogP contribution in [0.3, 0.4) is 0 Å². The van der Waals surface area contributed by atoms with Crippen molar-refractivity contribution in [1.29, 1.82) is 0 Å². The molecular formula is C15H24N4O3. The van der Waals surface area contributed by atoms with Crippen molar-refractivity contribution < 1.29 is 14.4 Å². The fourth-order valence-electron chi connectivity index (χ4n) is 3.44. The van der Waals surface area contributed by atoms with Crippen molar-refractivity contribution in [2.24, 2.45) is 11.7 Å². The van der Waals surface area contributed by atoms with Gasteiger partial charge in [0.2, 0.25) is 5.91 Å². The average Bonchev–Trinajstić information content (AvgIpc) is 3.32. The van der Waals surface area contributed by atoms with E-state index in [0.717, 1.165) is 37.0 Å². The van der Waals surface area contributed by atoms with Gasteiger partial charge in [0.1, 0.15) is 12.1 Å². The second-order valence-corrected chi connectivity index (χ2v) is 6.77. The largest absolute Gasteiger partial charge is 0.353 e. The SMILES string of the molecule is NC(CNC(=O)CN1C(=O)NC2(CCCCC2)C1=O)C1CC1. The molecule has 1 unspecified atom stereocenters. The number of imide groups is 1. The molecule has 4 N–H and O–H groups in total. The highest BCUT2D eigenvalue weighted by molar-refractivity contribution is 6.09. The predicted octanol–water partition coefficient (Wildman–Crippen LogP) is 0.0946. The number of rotatable bonds is 5. The third kappa shape index (κ3) is 2.95. The molecule has 1 spiro atoms. The zero-order valence-electron chi connectivity index (χ0n) is 12.8. The number of amides is 4. The Morgan fingerprint density at radius 2 is 2.00 bits per heavy atom. The molecule has 2 saturated carbocycles. The average molecular weight is 308 g/mol. The van der Waals surface area contributed by atoms with Gasteiger partial charge in [0, 0.05) is 12.6 Å². The molecule has 0 aromatic rings. The summed E-state index contributed by atoms with van der Waals surface area (Å²) in [6.07, 6.45) is 6.53. The van der Waals surface area contributed by atoms with Gasteiger partial charge in [-0.2, -0.15) is 0 Å². The van der Waals surface area contributed by atoms with Gasteiger partial charge in [0.25, 0.3) is 5.91 Å². The van der Waals surface area contributed by atoms with Crippen LogP contribution in [0.15, 0.2) is 0 Å². The molecule has 0 aromatic carbocycles. The van der Waals surface area contributed by atoms with Crippen LogP contribution in [-0.4, -0.2) is 47.4 Å². The lowest BCUT2D eigenvalue weighted by Gasteiger charge is -2.30. The highest BCUT2D eigenvalue weighted by atomic mass is 16.2. The summed E-state index contributed by atoms with van der Waals surface area (Å²) >= 11 is 0. The molecule has 1 heterocycles. The summed E-state index contributed by atoms with van der Waals surface area (Å²) < 4.78 is 0. The Balaban J connectivity index is 1.53. The van der Waals surface area contributed by atoms with Gasteiger partial charge >= 0.3 is 6.03 Å². The van der Waals surface area contributed by atoms with Crippen molar-refractivity contribution in [2.75, 3.05) is 13.1 Å². The first-order valence-electron chi connectivity index (χ1n) is 8.18. The van der Waals surface area contributed by atoms with E-state index < -0.39 is 11.6 Å². The van der Waals surface area contributed by atoms with Gasteiger partial charge < -0.3 is 16.4 Å². The molecule has 2 aliphatic carbocycles. The molecule has 1 aliphatic heterocycles. The summed E-state index contributed by atoms with van der Waals surface area (Å²) in [5, 5.41) is 5.53. The van der Waals surface area contributed by atoms with Gasteiger partial charge in [0.15, 0.2) is 0 Å². The predicted molar refractivity (Wildman–Crippen MR) is 79.8 cm³/mol. The topological polar surface area (TPSA) is 105 Å². The number of carbonyl (C=O) groups excluding carboxylic acids is 3. The quantitative estimate of drug-likeness (QED) is 0.626. The Kier molecular flexibility index (Phi) is 4.08. The molecule has 0 bridgehead atoms. The van der Waals surface area contributed by atoms with E-state index in [0.29, 0.717) is 25.3 Å². The minimum atomic E-state index is -0.764. The maximum absolute atomic E-state index is 12.5. The highest BCUT2D eigenvalue weighted by Gasteiger charge is 2.51. The number of nitrogens with zero attached hydrogens (tertiary/aromatic N) is 1. The molecule has 22 heavy (non-hydrogen) atoms. The van der Waals surface area contributed by atoms with Crippen LogP contribution in [0.2, 0.25) is 0 Å². The molecule has 7 nitrogen and oxygen atoms in total. The van der Waals surface area contributed by atoms with E-state index >= 15 is 0 Å². The second-order valence-electron chi connectivity index (χ2n) is 6.77. The standard InChI is InChI=1S/C15H24N4O3/c16-11(10-4-5-10)8-17-12(20)9-19-13(21)15(18-14(19)22)6-2-1-3-7-15/h10-11H,1-9,16H2,(H,17,20)(H,18,22). The van der Waals surface area contributed by atoms with Crippen LogP contribution in [0.1, 0.15) is 44.9 Å². The Bertz CT molecular complexity index is 483. The molecule has 3 rings (SSSR count). The summed E-state index contributed by atoms with van der Waals surface area (Å²) in [4.78, 5) is 37.6. The normalized spacial score (nSPS) is 25.2. The minimum Gasteiger partial charge on any atom is -0.353 e. The number of nitrogens with two attached hydrogens (primary N) is 1. The molecule has 1 atom stereocenters. The van der Waals surface area contributed by atoms with Crippen LogP contribution in [0, 0.1) is 5.92 Å². The summed E-state index contributed by atoms with van der Waals surface area (Å²) in [6, 6.07) is -0.481. The maximum atomic E-state index is 12.5. The van der Waals surface area contributed by atoms with E-state index in [1.807, 2.05) is 0 Å². The lowest BCUT2D eigenvalue weighted by Crippen LogP contribution is -2.49. The van der Waals surface area contributed by atoms with Crippen molar-refractivity contribution in [1.82, 2.24) is 15.5 Å².